The Labute approximate surface area is 701 Å². The molecule has 9 aromatic heterocycles. The molecule has 2 radical (unpaired) electrons. The number of thiophene rings is 3. The molecule has 0 bridgehead atoms. The Balaban J connectivity index is 0.000000164. The van der Waals surface area contributed by atoms with Crippen molar-refractivity contribution in [2.75, 3.05) is 0 Å². The van der Waals surface area contributed by atoms with E-state index in [2.05, 4.69) is 114 Å². The molecule has 2 aliphatic carbocycles. The third-order valence-electron chi connectivity index (χ3n) is 18.1. The molecule has 5 aromatic carbocycles. The molecular weight excluding hydrogens is 1830 g/mol. The molecule has 2 aliphatic rings. The van der Waals surface area contributed by atoms with E-state index in [1.807, 2.05) is 96.4 Å². The van der Waals surface area contributed by atoms with Crippen molar-refractivity contribution in [3.63, 3.8) is 0 Å². The summed E-state index contributed by atoms with van der Waals surface area (Å²) in [7, 11) is 0. The van der Waals surface area contributed by atoms with Gasteiger partial charge in [0.2, 0.25) is 0 Å². The number of aromatic nitrogens is 6. The molecule has 1 fully saturated rings. The number of fused-ring (bicyclic) bond motifs is 10. The molecule has 6 nitrogen and oxygen atoms in total. The monoisotopic (exact) mass is 1960 g/mol. The molecular formula is C92H99FGe2Ir2N6S3-4. The standard InChI is InChI=1S/C26H26FN2S.C25H28GeNS.C22H19N2S.C19H26GeN.2Ir/c1-15(2)21-14-28-23(13-18(21)12-17-6-4-5-7-17)19-10-11-22(27)24-20-9-8-16(3)29-26(20)30-25(19)24;1-25(2,3)15-18-14-22(27-16-21(18)26(4,5)6)17-11-12-24-20(13-17)19-9-7-8-10-23(19)28-24;1-13-7-9-17(19-11-15-5-3-4-6-16(15)12-23-19)21-20(13)18-10-8-14(2)24-22(18)25-21;1-19(2,3)13-16-12-18(15-10-8-7-9-11-15)21-14-17(16)20(4,5)6;;/h8-9,11,13-15,17H,4-7,12H2,1-3H3;7-10,12-14,16H,15H2,1-6H3;7-8,10-12H,3-6H2,1-2H3;7-10,12,14H,13H2,1-6H3;;/q4*-1;;/i3D3,12D2,15D;15D2;1D3,2D3,5D2,6D2;13D2;;. The minimum Gasteiger partial charge on any atom is 0 e. The summed E-state index contributed by atoms with van der Waals surface area (Å²) in [5.41, 5.74) is 7.02. The van der Waals surface area contributed by atoms with Gasteiger partial charge in [-0.05, 0) is 112 Å². The maximum atomic E-state index is 15.0. The molecule has 552 valence electrons. The predicted octanol–water partition coefficient (Wildman–Crippen LogP) is 25.2. The van der Waals surface area contributed by atoms with Crippen molar-refractivity contribution in [1.82, 2.24) is 29.9 Å². The second-order valence-electron chi connectivity index (χ2n) is 31.0. The van der Waals surface area contributed by atoms with Gasteiger partial charge < -0.3 is 9.97 Å². The van der Waals surface area contributed by atoms with E-state index in [0.717, 1.165) is 79.5 Å². The molecule has 106 heavy (non-hydrogen) atoms. The van der Waals surface area contributed by atoms with E-state index in [-0.39, 0.29) is 87.0 Å². The molecule has 9 heterocycles. The van der Waals surface area contributed by atoms with Crippen LogP contribution in [0.3, 0.4) is 0 Å². The zero-order valence-electron chi connectivity index (χ0n) is 82.1. The molecule has 0 unspecified atom stereocenters. The van der Waals surface area contributed by atoms with Crippen molar-refractivity contribution < 1.29 is 72.0 Å². The normalized spacial score (nSPS) is 18.1. The van der Waals surface area contributed by atoms with E-state index in [1.165, 1.54) is 68.0 Å². The fourth-order valence-corrected chi connectivity index (χ4v) is 22.5. The summed E-state index contributed by atoms with van der Waals surface area (Å²) < 4.78 is 186. The average molecular weight is 1950 g/mol. The molecule has 0 spiro atoms. The van der Waals surface area contributed by atoms with Crippen LogP contribution < -0.4 is 8.79 Å². The number of aryl methyl sites for hydroxylation is 5. The van der Waals surface area contributed by atoms with Crippen LogP contribution >= 0.6 is 34.0 Å². The van der Waals surface area contributed by atoms with Gasteiger partial charge in [0.25, 0.3) is 0 Å². The van der Waals surface area contributed by atoms with Crippen LogP contribution in [0.1, 0.15) is 178 Å². The predicted molar refractivity (Wildman–Crippen MR) is 451 cm³/mol. The van der Waals surface area contributed by atoms with Crippen LogP contribution in [0.15, 0.2) is 146 Å². The van der Waals surface area contributed by atoms with E-state index in [9.17, 15) is 0 Å². The summed E-state index contributed by atoms with van der Waals surface area (Å²) >= 11 is -0.480. The Hall–Kier alpha value is -6.03. The van der Waals surface area contributed by atoms with Gasteiger partial charge in [-0.2, -0.15) is 22.7 Å². The molecule has 0 atom stereocenters. The van der Waals surface area contributed by atoms with Crippen molar-refractivity contribution in [3.05, 3.63) is 227 Å². The second kappa shape index (κ2) is 33.7. The number of halogens is 1. The quantitative estimate of drug-likeness (QED) is 0.0949. The van der Waals surface area contributed by atoms with Crippen LogP contribution in [-0.4, -0.2) is 56.4 Å². The Morgan fingerprint density at radius 1 is 0.547 bits per heavy atom. The van der Waals surface area contributed by atoms with Crippen LogP contribution in [0, 0.1) is 67.4 Å². The number of benzene rings is 5. The van der Waals surface area contributed by atoms with Gasteiger partial charge in [0, 0.05) is 103 Å². The number of rotatable bonds is 11. The summed E-state index contributed by atoms with van der Waals surface area (Å²) in [5, 5.41) is 4.20. The topological polar surface area (TPSA) is 77.3 Å². The first-order valence-corrected chi connectivity index (χ1v) is 52.4. The smallest absolute Gasteiger partial charge is 0 e. The summed E-state index contributed by atoms with van der Waals surface area (Å²) in [4.78, 5) is 27.7. The van der Waals surface area contributed by atoms with Gasteiger partial charge in [0.1, 0.15) is 9.66 Å². The van der Waals surface area contributed by atoms with Crippen molar-refractivity contribution in [2.45, 2.75) is 187 Å². The van der Waals surface area contributed by atoms with Crippen molar-refractivity contribution in [1.29, 1.82) is 0 Å². The largest absolute Gasteiger partial charge is 0 e. The third-order valence-corrected chi connectivity index (χ3v) is 29.9. The van der Waals surface area contributed by atoms with Gasteiger partial charge in [-0.3, -0.25) is 4.39 Å². The zero-order chi connectivity index (χ0) is 91.0. The Morgan fingerprint density at radius 3 is 1.70 bits per heavy atom. The fourth-order valence-electron chi connectivity index (χ4n) is 13.2. The first-order valence-electron chi connectivity index (χ1n) is 45.3. The van der Waals surface area contributed by atoms with Gasteiger partial charge in [-0.1, -0.05) is 81.6 Å². The molecule has 0 aliphatic heterocycles. The third kappa shape index (κ3) is 18.7. The summed E-state index contributed by atoms with van der Waals surface area (Å²) in [6, 6.07) is 48.6. The molecule has 1 saturated carbocycles. The Morgan fingerprint density at radius 2 is 1.10 bits per heavy atom. The Bertz CT molecular complexity index is 6410. The van der Waals surface area contributed by atoms with Crippen LogP contribution in [-0.2, 0) is 72.1 Å². The van der Waals surface area contributed by atoms with Crippen LogP contribution in [0.25, 0.3) is 106 Å². The van der Waals surface area contributed by atoms with Crippen LogP contribution in [0.5, 0.6) is 0 Å². The number of pyridine rings is 6. The molecule has 16 rings (SSSR count). The first kappa shape index (κ1) is 58.0. The maximum Gasteiger partial charge on any atom is 0 e. The summed E-state index contributed by atoms with van der Waals surface area (Å²) in [6.45, 7) is 7.99. The summed E-state index contributed by atoms with van der Waals surface area (Å²) in [5.74, 6) is 12.1. The minimum atomic E-state index is -2.46. The van der Waals surface area contributed by atoms with Crippen molar-refractivity contribution in [3.8, 4) is 45.0 Å². The minimum absolute atomic E-state index is 0. The molecule has 14 aromatic rings. The van der Waals surface area contributed by atoms with Gasteiger partial charge in [0.15, 0.2) is 0 Å². The van der Waals surface area contributed by atoms with Crippen LogP contribution in [0.2, 0.25) is 34.5 Å². The van der Waals surface area contributed by atoms with Gasteiger partial charge in [-0.25, -0.2) is 9.97 Å². The molecule has 0 amide bonds. The van der Waals surface area contributed by atoms with E-state index in [1.54, 1.807) is 49.6 Å². The number of hydrogen-bond donors (Lipinski definition) is 0. The van der Waals surface area contributed by atoms with E-state index >= 15 is 4.39 Å². The maximum absolute atomic E-state index is 15.0. The number of nitrogens with zero attached hydrogens (tertiary/aromatic N) is 6. The average Bonchev–Trinajstić information content (AvgIpc) is 1.52. The van der Waals surface area contributed by atoms with E-state index in [0.29, 0.717) is 74.2 Å². The van der Waals surface area contributed by atoms with Crippen molar-refractivity contribution >= 4 is 130 Å². The van der Waals surface area contributed by atoms with Gasteiger partial charge in [0.05, 0.1) is 0 Å². The van der Waals surface area contributed by atoms with E-state index in [4.69, 9.17) is 32.4 Å². The van der Waals surface area contributed by atoms with Gasteiger partial charge in [-0.15, -0.1) is 41.0 Å². The first-order chi connectivity index (χ1) is 57.2. The number of hydrogen-bond acceptors (Lipinski definition) is 9. The van der Waals surface area contributed by atoms with Crippen molar-refractivity contribution in [2.24, 2.45) is 16.7 Å². The second-order valence-corrected chi connectivity index (χ2v) is 55.2. The fraction of sp³-hybridized carbons (Fsp3) is 0.348. The van der Waals surface area contributed by atoms with Gasteiger partial charge >= 0.3 is 313 Å². The Kier molecular flexibility index (Phi) is 18.4. The van der Waals surface area contributed by atoms with E-state index < -0.39 is 101 Å². The molecule has 14 heteroatoms. The zero-order valence-corrected chi connectivity index (χ0v) is 73.6. The summed E-state index contributed by atoms with van der Waals surface area (Å²) in [6.07, 6.45) is 2.45. The molecule has 0 saturated heterocycles. The molecule has 0 N–H and O–H groups in total. The SMILES string of the molecule is [2H]C([2H])([2H])c1ccc2c(n1)sc1c(-c3cc(C([2H])([2H])C4CCCC4)c(C([2H])(C)C)cn3)[c-]cc(F)c12.[2H]C([2H])([2H])c1ccc2c(n1)sc1c(-c3cc4c(cn3)C([2H])([2H])CCC4([2H])[2H])[c-]cc(C([2H])([2H])[2H])c12.[2H]C([2H])(c1cc(-c2[c-]cc3sc4ccccc4c3c2)nc[c]1[Ge]([CH3])([CH3])[CH3])C(C)(C)C.[2H]C([2H])(c1cc(-c2[c-]cccc2)nc[c]1[Ge]([CH3])([CH3])[CH3])C(C)(C)C.[Ir].[Ir]. The van der Waals surface area contributed by atoms with Crippen LogP contribution in [0.4, 0.5) is 4.39 Å².